The second kappa shape index (κ2) is 9.03. The van der Waals surface area contributed by atoms with E-state index in [1.54, 1.807) is 6.07 Å². The van der Waals surface area contributed by atoms with Crippen LogP contribution in [0.2, 0.25) is 0 Å². The molecule has 0 aromatic carbocycles. The minimum atomic E-state index is -0.0674. The molecular formula is C24H35FN4S. The van der Waals surface area contributed by atoms with Crippen molar-refractivity contribution in [2.24, 2.45) is 5.41 Å². The minimum Gasteiger partial charge on any atom is -0.314 e. The molecule has 2 aromatic rings. The Labute approximate surface area is 184 Å². The van der Waals surface area contributed by atoms with Gasteiger partial charge in [-0.1, -0.05) is 6.07 Å². The molecule has 4 heterocycles. The van der Waals surface area contributed by atoms with Crippen LogP contribution in [0.1, 0.15) is 42.8 Å². The topological polar surface area (TPSA) is 31.4 Å². The molecule has 2 fully saturated rings. The minimum absolute atomic E-state index is 0.0407. The third-order valence-corrected chi connectivity index (χ3v) is 8.08. The molecule has 1 N–H and O–H groups in total. The number of hydrogen-bond donors (Lipinski definition) is 1. The third-order valence-electron chi connectivity index (χ3n) is 7.15. The molecule has 0 saturated carbocycles. The number of thiophene rings is 1. The van der Waals surface area contributed by atoms with Gasteiger partial charge >= 0.3 is 0 Å². The van der Waals surface area contributed by atoms with E-state index >= 15 is 0 Å². The maximum absolute atomic E-state index is 13.5. The Kier molecular flexibility index (Phi) is 6.58. The number of rotatable bonds is 7. The van der Waals surface area contributed by atoms with Gasteiger partial charge in [-0.2, -0.15) is 4.39 Å². The number of likely N-dealkylation sites (tertiary alicyclic amines) is 1. The van der Waals surface area contributed by atoms with Gasteiger partial charge in [-0.25, -0.2) is 0 Å². The smallest absolute Gasteiger partial charge is 0.176 e. The fourth-order valence-electron chi connectivity index (χ4n) is 5.05. The summed E-state index contributed by atoms with van der Waals surface area (Å²) in [5.74, 6) is 0. The van der Waals surface area contributed by atoms with Crippen LogP contribution in [0.3, 0.4) is 0 Å². The molecule has 2 aromatic heterocycles. The van der Waals surface area contributed by atoms with E-state index in [2.05, 4.69) is 46.1 Å². The van der Waals surface area contributed by atoms with Crippen LogP contribution in [0, 0.1) is 17.5 Å². The van der Waals surface area contributed by atoms with Gasteiger partial charge in [0, 0.05) is 61.6 Å². The highest BCUT2D eigenvalue weighted by Crippen LogP contribution is 2.42. The van der Waals surface area contributed by atoms with Crippen molar-refractivity contribution in [1.29, 1.82) is 0 Å². The normalized spacial score (nSPS) is 23.9. The van der Waals surface area contributed by atoms with Crippen molar-refractivity contribution in [3.05, 3.63) is 51.7 Å². The number of aryl methyl sites for hydroxylation is 2. The summed E-state index contributed by atoms with van der Waals surface area (Å²) in [5.41, 5.74) is 2.56. The predicted molar refractivity (Wildman–Crippen MR) is 123 cm³/mol. The molecular weight excluding hydrogens is 395 g/mol. The van der Waals surface area contributed by atoms with Crippen molar-refractivity contribution < 1.29 is 4.39 Å². The lowest BCUT2D eigenvalue weighted by Crippen LogP contribution is -2.49. The fraction of sp³-hybridized carbons (Fsp3) is 0.625. The van der Waals surface area contributed by atoms with Gasteiger partial charge < -0.3 is 10.2 Å². The van der Waals surface area contributed by atoms with Crippen molar-refractivity contribution in [1.82, 2.24) is 20.1 Å². The summed E-state index contributed by atoms with van der Waals surface area (Å²) in [5, 5.41) is 3.41. The summed E-state index contributed by atoms with van der Waals surface area (Å²) in [4.78, 5) is 11.0. The number of pyridine rings is 1. The lowest BCUT2D eigenvalue weighted by atomic mass is 9.81. The first kappa shape index (κ1) is 21.9. The molecule has 0 amide bonds. The summed E-state index contributed by atoms with van der Waals surface area (Å²) in [6.07, 6.45) is 5.34. The Bertz CT molecular complexity index is 828. The Morgan fingerprint density at radius 3 is 2.63 bits per heavy atom. The van der Waals surface area contributed by atoms with Gasteiger partial charge in [-0.05, 0) is 75.8 Å². The lowest BCUT2D eigenvalue weighted by molar-refractivity contribution is 0.0952. The monoisotopic (exact) mass is 430 g/mol. The van der Waals surface area contributed by atoms with Crippen LogP contribution in [0.15, 0.2) is 30.5 Å². The maximum atomic E-state index is 13.5. The van der Waals surface area contributed by atoms with Crippen molar-refractivity contribution in [2.75, 3.05) is 45.8 Å². The number of aromatic nitrogens is 1. The van der Waals surface area contributed by atoms with Crippen molar-refractivity contribution in [2.45, 2.75) is 45.6 Å². The number of halogens is 1. The molecule has 164 valence electrons. The molecule has 2 saturated heterocycles. The van der Waals surface area contributed by atoms with Crippen molar-refractivity contribution in [3.8, 4) is 0 Å². The number of hydrogen-bond acceptors (Lipinski definition) is 5. The summed E-state index contributed by atoms with van der Waals surface area (Å²) in [6.45, 7) is 14.4. The van der Waals surface area contributed by atoms with Crippen LogP contribution in [-0.2, 0) is 12.0 Å². The standard InChI is InChI=1S/C24H35FN4S/c1-19-4-5-20(16-27-19)23(2,3)29-13-10-24(18-29,17-28-14-11-26-12-15-28)9-8-21-6-7-22(25)30-21/h4-7,16,26H,8-15,17-18H2,1-3H3. The fourth-order valence-corrected chi connectivity index (χ4v) is 5.78. The largest absolute Gasteiger partial charge is 0.314 e. The lowest BCUT2D eigenvalue weighted by Gasteiger charge is -2.40. The number of nitrogens with zero attached hydrogens (tertiary/aromatic N) is 3. The van der Waals surface area contributed by atoms with E-state index in [0.29, 0.717) is 0 Å². The average Bonchev–Trinajstić information content (AvgIpc) is 3.35. The van der Waals surface area contributed by atoms with Gasteiger partial charge in [-0.15, -0.1) is 11.3 Å². The number of piperazine rings is 1. The Balaban J connectivity index is 1.51. The summed E-state index contributed by atoms with van der Waals surface area (Å²) >= 11 is 1.31. The molecule has 1 atom stereocenters. The quantitative estimate of drug-likeness (QED) is 0.718. The van der Waals surface area contributed by atoms with Crippen molar-refractivity contribution in [3.63, 3.8) is 0 Å². The first-order chi connectivity index (χ1) is 14.4. The molecule has 2 aliphatic heterocycles. The van der Waals surface area contributed by atoms with Gasteiger partial charge in [0.15, 0.2) is 5.13 Å². The highest BCUT2D eigenvalue weighted by atomic mass is 32.1. The highest BCUT2D eigenvalue weighted by Gasteiger charge is 2.44. The summed E-state index contributed by atoms with van der Waals surface area (Å²) in [7, 11) is 0. The van der Waals surface area contributed by atoms with Crippen LogP contribution in [0.25, 0.3) is 0 Å². The van der Waals surface area contributed by atoms with Crippen LogP contribution in [0.5, 0.6) is 0 Å². The molecule has 4 nitrogen and oxygen atoms in total. The molecule has 2 aliphatic rings. The molecule has 0 radical (unpaired) electrons. The van der Waals surface area contributed by atoms with Gasteiger partial charge in [0.05, 0.1) is 0 Å². The van der Waals surface area contributed by atoms with E-state index in [1.165, 1.54) is 28.2 Å². The van der Waals surface area contributed by atoms with Crippen molar-refractivity contribution >= 4 is 11.3 Å². The van der Waals surface area contributed by atoms with Crippen LogP contribution in [-0.4, -0.2) is 60.6 Å². The van der Waals surface area contributed by atoms with Gasteiger partial charge in [0.1, 0.15) is 0 Å². The SMILES string of the molecule is Cc1ccc(C(C)(C)N2CCC(CCc3ccc(F)s3)(CN3CCNCC3)C2)cn1. The molecule has 30 heavy (non-hydrogen) atoms. The molecule has 6 heteroatoms. The Hall–Kier alpha value is -1.34. The molecule has 0 aliphatic carbocycles. The maximum Gasteiger partial charge on any atom is 0.176 e. The average molecular weight is 431 g/mol. The van der Waals surface area contributed by atoms with E-state index < -0.39 is 0 Å². The second-order valence-electron chi connectivity index (χ2n) is 9.65. The van der Waals surface area contributed by atoms with Crippen LogP contribution in [0.4, 0.5) is 4.39 Å². The second-order valence-corrected chi connectivity index (χ2v) is 10.8. The first-order valence-electron chi connectivity index (χ1n) is 11.2. The summed E-state index contributed by atoms with van der Waals surface area (Å²) < 4.78 is 13.5. The van der Waals surface area contributed by atoms with E-state index in [-0.39, 0.29) is 16.1 Å². The zero-order valence-corrected chi connectivity index (χ0v) is 19.4. The van der Waals surface area contributed by atoms with E-state index in [4.69, 9.17) is 0 Å². The van der Waals surface area contributed by atoms with E-state index in [0.717, 1.165) is 64.3 Å². The van der Waals surface area contributed by atoms with E-state index in [9.17, 15) is 4.39 Å². The Morgan fingerprint density at radius 2 is 1.97 bits per heavy atom. The summed E-state index contributed by atoms with van der Waals surface area (Å²) in [6, 6.07) is 7.92. The third kappa shape index (κ3) is 4.93. The molecule has 4 rings (SSSR count). The molecule has 0 bridgehead atoms. The van der Waals surface area contributed by atoms with Crippen LogP contribution >= 0.6 is 11.3 Å². The Morgan fingerprint density at radius 1 is 1.17 bits per heavy atom. The zero-order chi connectivity index (χ0) is 21.2. The number of nitrogens with one attached hydrogen (secondary N) is 1. The van der Waals surface area contributed by atoms with Gasteiger partial charge in [0.25, 0.3) is 0 Å². The first-order valence-corrected chi connectivity index (χ1v) is 12.0. The van der Waals surface area contributed by atoms with Gasteiger partial charge in [-0.3, -0.25) is 9.88 Å². The van der Waals surface area contributed by atoms with E-state index in [1.807, 2.05) is 19.2 Å². The van der Waals surface area contributed by atoms with Crippen LogP contribution < -0.4 is 5.32 Å². The molecule has 1 unspecified atom stereocenters. The molecule has 0 spiro atoms. The van der Waals surface area contributed by atoms with Gasteiger partial charge in [0.2, 0.25) is 0 Å². The predicted octanol–water partition coefficient (Wildman–Crippen LogP) is 4.06. The highest BCUT2D eigenvalue weighted by molar-refractivity contribution is 7.10. The zero-order valence-electron chi connectivity index (χ0n) is 18.6.